The Kier molecular flexibility index (Phi) is 4.48. The molecule has 2 atom stereocenters. The largest absolute Gasteiger partial charge is 0.376 e. The van der Waals surface area contributed by atoms with Crippen molar-refractivity contribution in [1.29, 1.82) is 0 Å². The van der Waals surface area contributed by atoms with Crippen LogP contribution in [0.25, 0.3) is 0 Å². The number of ether oxygens (including phenoxy) is 1. The number of benzene rings is 2. The van der Waals surface area contributed by atoms with Crippen LogP contribution in [-0.4, -0.2) is 30.1 Å². The molecule has 1 N–H and O–H groups in total. The number of halogens is 2. The molecule has 1 fully saturated rings. The number of hydrogen-bond donors (Lipinski definition) is 1. The number of anilines is 1. The van der Waals surface area contributed by atoms with Crippen LogP contribution in [0.1, 0.15) is 34.9 Å². The Morgan fingerprint density at radius 3 is 2.88 bits per heavy atom. The fraction of sp³-hybridized carbons (Fsp3) is 0.316. The topological polar surface area (TPSA) is 41.6 Å². The lowest BCUT2D eigenvalue weighted by molar-refractivity contribution is 0.0427. The third-order valence-corrected chi connectivity index (χ3v) is 5.31. The summed E-state index contributed by atoms with van der Waals surface area (Å²) in [6.45, 7) is 1.25. The number of rotatable bonds is 3. The molecule has 4 rings (SSSR count). The molecule has 130 valence electrons. The van der Waals surface area contributed by atoms with Crippen molar-refractivity contribution in [3.63, 3.8) is 0 Å². The van der Waals surface area contributed by atoms with Crippen molar-refractivity contribution in [2.75, 3.05) is 18.5 Å². The fourth-order valence-electron chi connectivity index (χ4n) is 3.43. The molecule has 0 aliphatic carbocycles. The lowest BCUT2D eigenvalue weighted by Crippen LogP contribution is -2.46. The maximum Gasteiger partial charge on any atom is 0.257 e. The second kappa shape index (κ2) is 6.77. The van der Waals surface area contributed by atoms with E-state index < -0.39 is 0 Å². The quantitative estimate of drug-likeness (QED) is 0.827. The molecular weight excluding hydrogens is 387 g/mol. The number of carbonyl (C=O) groups excluding carboxylic acids is 1. The van der Waals surface area contributed by atoms with E-state index in [0.717, 1.165) is 30.7 Å². The number of nitrogens with one attached hydrogen (secondary N) is 1. The van der Waals surface area contributed by atoms with Crippen molar-refractivity contribution in [2.24, 2.45) is 0 Å². The average Bonchev–Trinajstić information content (AvgIpc) is 3.13. The van der Waals surface area contributed by atoms with Crippen LogP contribution in [0.4, 0.5) is 10.1 Å². The summed E-state index contributed by atoms with van der Waals surface area (Å²) in [7, 11) is 0. The van der Waals surface area contributed by atoms with Gasteiger partial charge in [0.15, 0.2) is 0 Å². The summed E-state index contributed by atoms with van der Waals surface area (Å²) in [5.74, 6) is -0.354. The highest BCUT2D eigenvalue weighted by molar-refractivity contribution is 9.10. The zero-order valence-electron chi connectivity index (χ0n) is 13.5. The molecule has 0 spiro atoms. The third-order valence-electron chi connectivity index (χ3n) is 4.71. The first-order valence-corrected chi connectivity index (χ1v) is 9.16. The lowest BCUT2D eigenvalue weighted by atomic mass is 10.0. The first kappa shape index (κ1) is 16.5. The van der Waals surface area contributed by atoms with Crippen LogP contribution in [0, 0.1) is 5.82 Å². The van der Waals surface area contributed by atoms with E-state index in [-0.39, 0.29) is 24.0 Å². The molecule has 2 aliphatic rings. The molecule has 0 aromatic heterocycles. The van der Waals surface area contributed by atoms with Crippen molar-refractivity contribution < 1.29 is 13.9 Å². The number of nitrogens with zero attached hydrogens (tertiary/aromatic N) is 1. The van der Waals surface area contributed by atoms with Gasteiger partial charge >= 0.3 is 0 Å². The fourth-order valence-corrected chi connectivity index (χ4v) is 3.83. The first-order valence-electron chi connectivity index (χ1n) is 8.36. The van der Waals surface area contributed by atoms with Gasteiger partial charge in [0, 0.05) is 18.8 Å². The number of fused-ring (bicyclic) bond motifs is 1. The van der Waals surface area contributed by atoms with E-state index in [4.69, 9.17) is 4.74 Å². The van der Waals surface area contributed by atoms with Gasteiger partial charge in [0.25, 0.3) is 5.91 Å². The summed E-state index contributed by atoms with van der Waals surface area (Å²) >= 11 is 3.24. The zero-order valence-corrected chi connectivity index (χ0v) is 15.1. The van der Waals surface area contributed by atoms with Crippen molar-refractivity contribution >= 4 is 27.5 Å². The predicted octanol–water partition coefficient (Wildman–Crippen LogP) is 4.33. The Morgan fingerprint density at radius 2 is 2.12 bits per heavy atom. The van der Waals surface area contributed by atoms with Crippen molar-refractivity contribution in [3.8, 4) is 0 Å². The van der Waals surface area contributed by atoms with Gasteiger partial charge in [-0.3, -0.25) is 4.79 Å². The minimum Gasteiger partial charge on any atom is -0.376 e. The monoisotopic (exact) mass is 404 g/mol. The van der Waals surface area contributed by atoms with Gasteiger partial charge in [-0.15, -0.1) is 0 Å². The van der Waals surface area contributed by atoms with Crippen LogP contribution < -0.4 is 5.32 Å². The Bertz CT molecular complexity index is 808. The second-order valence-corrected chi connectivity index (χ2v) is 7.21. The molecule has 2 heterocycles. The maximum absolute atomic E-state index is 13.6. The van der Waals surface area contributed by atoms with E-state index in [0.29, 0.717) is 16.6 Å². The van der Waals surface area contributed by atoms with E-state index in [9.17, 15) is 9.18 Å². The van der Waals surface area contributed by atoms with Crippen molar-refractivity contribution in [3.05, 3.63) is 63.9 Å². The van der Waals surface area contributed by atoms with E-state index >= 15 is 0 Å². The van der Waals surface area contributed by atoms with Crippen LogP contribution in [-0.2, 0) is 4.74 Å². The molecule has 25 heavy (non-hydrogen) atoms. The standard InChI is InChI=1S/C19H18BrFN2O2/c20-15-10-12(7-8-16(15)21)18-22-17-6-2-1-5-14(17)19(24)23(18)11-13-4-3-9-25-13/h1-2,5-8,10,13,18,22H,3-4,9,11H2. The zero-order chi connectivity index (χ0) is 17.4. The molecule has 1 saturated heterocycles. The maximum atomic E-state index is 13.6. The minimum atomic E-state index is -0.358. The smallest absolute Gasteiger partial charge is 0.257 e. The summed E-state index contributed by atoms with van der Waals surface area (Å²) in [4.78, 5) is 14.9. The van der Waals surface area contributed by atoms with Crippen molar-refractivity contribution in [2.45, 2.75) is 25.1 Å². The van der Waals surface area contributed by atoms with Gasteiger partial charge in [0.05, 0.1) is 16.1 Å². The van der Waals surface area contributed by atoms with E-state index in [1.807, 2.05) is 24.3 Å². The molecular formula is C19H18BrFN2O2. The summed E-state index contributed by atoms with van der Waals surface area (Å²) in [6.07, 6.45) is 1.65. The molecule has 4 nitrogen and oxygen atoms in total. The van der Waals surface area contributed by atoms with Gasteiger partial charge in [0.2, 0.25) is 0 Å². The molecule has 2 aromatic rings. The van der Waals surface area contributed by atoms with Crippen LogP contribution in [0.5, 0.6) is 0 Å². The van der Waals surface area contributed by atoms with Crippen LogP contribution in [0.2, 0.25) is 0 Å². The Balaban J connectivity index is 1.72. The van der Waals surface area contributed by atoms with E-state index in [2.05, 4.69) is 21.2 Å². The van der Waals surface area contributed by atoms with Gasteiger partial charge in [0.1, 0.15) is 12.0 Å². The second-order valence-electron chi connectivity index (χ2n) is 6.36. The van der Waals surface area contributed by atoms with Crippen LogP contribution in [0.3, 0.4) is 0 Å². The SMILES string of the molecule is O=C1c2ccccc2NC(c2ccc(F)c(Br)c2)N1CC1CCCO1. The highest BCUT2D eigenvalue weighted by Crippen LogP contribution is 2.35. The molecule has 0 radical (unpaired) electrons. The molecule has 2 aliphatic heterocycles. The Morgan fingerprint density at radius 1 is 1.28 bits per heavy atom. The van der Waals surface area contributed by atoms with Crippen molar-refractivity contribution in [1.82, 2.24) is 4.90 Å². The predicted molar refractivity (Wildman–Crippen MR) is 96.9 cm³/mol. The van der Waals surface area contributed by atoms with Crippen LogP contribution >= 0.6 is 15.9 Å². The Hall–Kier alpha value is -1.92. The molecule has 2 unspecified atom stereocenters. The van der Waals surface area contributed by atoms with Crippen LogP contribution in [0.15, 0.2) is 46.9 Å². The van der Waals surface area contributed by atoms with Gasteiger partial charge in [-0.05, 0) is 58.6 Å². The van der Waals surface area contributed by atoms with E-state index in [1.165, 1.54) is 6.07 Å². The molecule has 0 saturated carbocycles. The van der Waals surface area contributed by atoms with Gasteiger partial charge in [-0.25, -0.2) is 4.39 Å². The number of para-hydroxylation sites is 1. The highest BCUT2D eigenvalue weighted by Gasteiger charge is 2.35. The summed E-state index contributed by atoms with van der Waals surface area (Å²) in [5.41, 5.74) is 2.27. The molecule has 0 bridgehead atoms. The Labute approximate surface area is 154 Å². The third kappa shape index (κ3) is 3.16. The first-order chi connectivity index (χ1) is 12.1. The molecule has 1 amide bonds. The summed E-state index contributed by atoms with van der Waals surface area (Å²) in [5, 5.41) is 3.42. The number of amides is 1. The molecule has 6 heteroatoms. The van der Waals surface area contributed by atoms with Gasteiger partial charge in [-0.1, -0.05) is 18.2 Å². The minimum absolute atomic E-state index is 0.0321. The molecule has 2 aromatic carbocycles. The summed E-state index contributed by atoms with van der Waals surface area (Å²) in [6, 6.07) is 12.3. The van der Waals surface area contributed by atoms with Gasteiger partial charge in [-0.2, -0.15) is 0 Å². The number of hydrogen-bond acceptors (Lipinski definition) is 3. The highest BCUT2D eigenvalue weighted by atomic mass is 79.9. The van der Waals surface area contributed by atoms with Gasteiger partial charge < -0.3 is 15.0 Å². The average molecular weight is 405 g/mol. The number of carbonyl (C=O) groups is 1. The van der Waals surface area contributed by atoms with E-state index in [1.54, 1.807) is 17.0 Å². The normalized spacial score (nSPS) is 22.6. The summed E-state index contributed by atoms with van der Waals surface area (Å²) < 4.78 is 19.8. The lowest BCUT2D eigenvalue weighted by Gasteiger charge is -2.39.